The Hall–Kier alpha value is -1.08. The molecule has 0 aromatic rings. The Kier molecular flexibility index (Phi) is 5.43. The molecular weight excluding hydrogens is 214 g/mol. The topological polar surface area (TPSA) is 56.1 Å². The third-order valence-electron chi connectivity index (χ3n) is 3.21. The van der Waals surface area contributed by atoms with Crippen LogP contribution in [0.2, 0.25) is 0 Å². The highest BCUT2D eigenvalue weighted by Gasteiger charge is 2.18. The highest BCUT2D eigenvalue weighted by molar-refractivity contribution is 5.78. The lowest BCUT2D eigenvalue weighted by Crippen LogP contribution is -2.41. The van der Waals surface area contributed by atoms with Gasteiger partial charge in [-0.1, -0.05) is 0 Å². The molecule has 0 aromatic carbocycles. The number of nitrogens with zero attached hydrogens (tertiary/aromatic N) is 2. The molecule has 0 aromatic heterocycles. The third-order valence-corrected chi connectivity index (χ3v) is 3.21. The van der Waals surface area contributed by atoms with Crippen LogP contribution in [0, 0.1) is 16.7 Å². The number of nitriles is 1. The molecule has 0 saturated carbocycles. The number of piperidine rings is 1. The molecule has 96 valence electrons. The number of amides is 1. The predicted octanol–water partition coefficient (Wildman–Crippen LogP) is 1.53. The van der Waals surface area contributed by atoms with Gasteiger partial charge in [0.15, 0.2) is 0 Å². The van der Waals surface area contributed by atoms with Crippen molar-refractivity contribution in [3.8, 4) is 6.07 Å². The molecule has 0 radical (unpaired) electrons. The van der Waals surface area contributed by atoms with Crippen LogP contribution in [0.25, 0.3) is 0 Å². The van der Waals surface area contributed by atoms with Gasteiger partial charge in [-0.15, -0.1) is 0 Å². The second-order valence-electron chi connectivity index (χ2n) is 5.36. The molecule has 1 aliphatic rings. The summed E-state index contributed by atoms with van der Waals surface area (Å²) in [7, 11) is 0. The fraction of sp³-hybridized carbons (Fsp3) is 0.846. The van der Waals surface area contributed by atoms with Crippen LogP contribution >= 0.6 is 0 Å². The summed E-state index contributed by atoms with van der Waals surface area (Å²) >= 11 is 0. The van der Waals surface area contributed by atoms with E-state index in [4.69, 9.17) is 5.26 Å². The van der Waals surface area contributed by atoms with E-state index < -0.39 is 0 Å². The molecule has 1 N–H and O–H groups in total. The Balaban J connectivity index is 2.14. The summed E-state index contributed by atoms with van der Waals surface area (Å²) in [5.41, 5.74) is -0.304. The molecule has 1 heterocycles. The lowest BCUT2D eigenvalue weighted by atomic mass is 9.91. The summed E-state index contributed by atoms with van der Waals surface area (Å²) in [6.07, 6.45) is 4.28. The van der Waals surface area contributed by atoms with Gasteiger partial charge in [-0.05, 0) is 46.1 Å². The molecule has 1 amide bonds. The Labute approximate surface area is 104 Å². The van der Waals surface area contributed by atoms with E-state index in [1.807, 2.05) is 18.7 Å². The normalized spacial score (nSPS) is 16.6. The first-order valence-corrected chi connectivity index (χ1v) is 6.45. The monoisotopic (exact) mass is 237 g/mol. The Morgan fingerprint density at radius 3 is 2.59 bits per heavy atom. The molecule has 0 atom stereocenters. The molecule has 1 fully saturated rings. The van der Waals surface area contributed by atoms with Crippen LogP contribution in [-0.2, 0) is 4.79 Å². The fourth-order valence-electron chi connectivity index (χ4n) is 1.91. The summed E-state index contributed by atoms with van der Waals surface area (Å²) in [6, 6.07) is 2.26. The quantitative estimate of drug-likeness (QED) is 0.738. The number of carbonyl (C=O) groups is 1. The molecule has 0 aliphatic carbocycles. The van der Waals surface area contributed by atoms with Crippen LogP contribution in [-0.4, -0.2) is 37.0 Å². The van der Waals surface area contributed by atoms with Crippen molar-refractivity contribution in [2.24, 2.45) is 5.41 Å². The zero-order valence-electron chi connectivity index (χ0n) is 11.0. The maximum Gasteiger partial charge on any atom is 0.236 e. The smallest absolute Gasteiger partial charge is 0.236 e. The van der Waals surface area contributed by atoms with Crippen molar-refractivity contribution in [1.82, 2.24) is 10.2 Å². The van der Waals surface area contributed by atoms with Crippen LogP contribution in [0.3, 0.4) is 0 Å². The molecule has 17 heavy (non-hydrogen) atoms. The molecule has 1 aliphatic heterocycles. The van der Waals surface area contributed by atoms with Crippen LogP contribution < -0.4 is 5.32 Å². The number of hydrogen-bond donors (Lipinski definition) is 1. The minimum Gasteiger partial charge on any atom is -0.342 e. The second-order valence-corrected chi connectivity index (χ2v) is 5.36. The summed E-state index contributed by atoms with van der Waals surface area (Å²) in [5, 5.41) is 12.0. The van der Waals surface area contributed by atoms with Crippen molar-refractivity contribution >= 4 is 5.91 Å². The van der Waals surface area contributed by atoms with Crippen LogP contribution in [0.1, 0.15) is 39.5 Å². The highest BCUT2D eigenvalue weighted by atomic mass is 16.2. The SMILES string of the molecule is CC(C)(C#N)CCNCC(=O)N1CCCCC1. The second kappa shape index (κ2) is 6.61. The van der Waals surface area contributed by atoms with E-state index in [0.717, 1.165) is 38.9 Å². The van der Waals surface area contributed by atoms with Gasteiger partial charge in [-0.2, -0.15) is 5.26 Å². The molecule has 1 saturated heterocycles. The summed E-state index contributed by atoms with van der Waals surface area (Å²) < 4.78 is 0. The van der Waals surface area contributed by atoms with Crippen molar-refractivity contribution in [2.45, 2.75) is 39.5 Å². The predicted molar refractivity (Wildman–Crippen MR) is 67.3 cm³/mol. The number of likely N-dealkylation sites (tertiary alicyclic amines) is 1. The van der Waals surface area contributed by atoms with Gasteiger partial charge in [0.2, 0.25) is 5.91 Å². The molecule has 4 heteroatoms. The van der Waals surface area contributed by atoms with Crippen molar-refractivity contribution < 1.29 is 4.79 Å². The van der Waals surface area contributed by atoms with E-state index in [0.29, 0.717) is 6.54 Å². The standard InChI is InChI=1S/C13H23N3O/c1-13(2,11-14)6-7-15-10-12(17)16-8-4-3-5-9-16/h15H,3-10H2,1-2H3. The van der Waals surface area contributed by atoms with E-state index in [-0.39, 0.29) is 11.3 Å². The third kappa shape index (κ3) is 5.18. The lowest BCUT2D eigenvalue weighted by molar-refractivity contribution is -0.131. The summed E-state index contributed by atoms with van der Waals surface area (Å²) in [6.45, 7) is 6.78. The van der Waals surface area contributed by atoms with Crippen LogP contribution in [0.15, 0.2) is 0 Å². The number of hydrogen-bond acceptors (Lipinski definition) is 3. The van der Waals surface area contributed by atoms with Gasteiger partial charge in [0.25, 0.3) is 0 Å². The molecule has 0 unspecified atom stereocenters. The average Bonchev–Trinajstić information content (AvgIpc) is 2.35. The maximum absolute atomic E-state index is 11.8. The summed E-state index contributed by atoms with van der Waals surface area (Å²) in [5.74, 6) is 0.194. The Bertz CT molecular complexity index is 288. The summed E-state index contributed by atoms with van der Waals surface area (Å²) in [4.78, 5) is 13.7. The van der Waals surface area contributed by atoms with Crippen LogP contribution in [0.5, 0.6) is 0 Å². The molecule has 0 bridgehead atoms. The van der Waals surface area contributed by atoms with Crippen molar-refractivity contribution in [3.63, 3.8) is 0 Å². The molecule has 4 nitrogen and oxygen atoms in total. The minimum absolute atomic E-state index is 0.194. The zero-order valence-corrected chi connectivity index (χ0v) is 11.0. The van der Waals surface area contributed by atoms with Gasteiger partial charge >= 0.3 is 0 Å². The Morgan fingerprint density at radius 2 is 2.00 bits per heavy atom. The van der Waals surface area contributed by atoms with Gasteiger partial charge in [-0.3, -0.25) is 4.79 Å². The first-order chi connectivity index (χ1) is 8.05. The fourth-order valence-corrected chi connectivity index (χ4v) is 1.91. The van der Waals surface area contributed by atoms with Gasteiger partial charge < -0.3 is 10.2 Å². The van der Waals surface area contributed by atoms with Gasteiger partial charge in [0, 0.05) is 13.1 Å². The zero-order chi connectivity index (χ0) is 12.7. The van der Waals surface area contributed by atoms with Gasteiger partial charge in [-0.25, -0.2) is 0 Å². The molecular formula is C13H23N3O. The van der Waals surface area contributed by atoms with E-state index in [1.165, 1.54) is 6.42 Å². The Morgan fingerprint density at radius 1 is 1.35 bits per heavy atom. The van der Waals surface area contributed by atoms with E-state index in [2.05, 4.69) is 11.4 Å². The van der Waals surface area contributed by atoms with Crippen molar-refractivity contribution in [2.75, 3.05) is 26.2 Å². The van der Waals surface area contributed by atoms with E-state index in [9.17, 15) is 4.79 Å². The molecule has 1 rings (SSSR count). The van der Waals surface area contributed by atoms with Gasteiger partial charge in [0.1, 0.15) is 0 Å². The first kappa shape index (κ1) is 14.0. The van der Waals surface area contributed by atoms with Gasteiger partial charge in [0.05, 0.1) is 18.0 Å². The highest BCUT2D eigenvalue weighted by Crippen LogP contribution is 2.17. The molecule has 0 spiro atoms. The largest absolute Gasteiger partial charge is 0.342 e. The lowest BCUT2D eigenvalue weighted by Gasteiger charge is -2.27. The maximum atomic E-state index is 11.8. The van der Waals surface area contributed by atoms with E-state index >= 15 is 0 Å². The number of nitrogens with one attached hydrogen (secondary N) is 1. The number of carbonyl (C=O) groups excluding carboxylic acids is 1. The average molecular weight is 237 g/mol. The first-order valence-electron chi connectivity index (χ1n) is 6.45. The minimum atomic E-state index is -0.304. The van der Waals surface area contributed by atoms with Crippen molar-refractivity contribution in [3.05, 3.63) is 0 Å². The van der Waals surface area contributed by atoms with Crippen molar-refractivity contribution in [1.29, 1.82) is 5.26 Å². The van der Waals surface area contributed by atoms with Crippen LogP contribution in [0.4, 0.5) is 0 Å². The number of rotatable bonds is 5. The van der Waals surface area contributed by atoms with E-state index in [1.54, 1.807) is 0 Å².